The van der Waals surface area contributed by atoms with E-state index in [4.69, 9.17) is 0 Å². The minimum Gasteiger partial charge on any atom is -0.350 e. The first-order chi connectivity index (χ1) is 8.60. The van der Waals surface area contributed by atoms with Crippen molar-refractivity contribution < 1.29 is 4.79 Å². The molecule has 1 aromatic heterocycles. The second kappa shape index (κ2) is 5.38. The Bertz CT molecular complexity index is 442. The Hall–Kier alpha value is -1.58. The summed E-state index contributed by atoms with van der Waals surface area (Å²) in [6, 6.07) is 2.89. The van der Waals surface area contributed by atoms with E-state index in [-0.39, 0.29) is 5.91 Å². The minimum absolute atomic E-state index is 0.0652. The molecule has 4 heteroatoms. The second-order valence-corrected chi connectivity index (χ2v) is 5.09. The van der Waals surface area contributed by atoms with Crippen LogP contribution in [0.25, 0.3) is 0 Å². The van der Waals surface area contributed by atoms with Crippen LogP contribution in [0.2, 0.25) is 0 Å². The third-order valence-corrected chi connectivity index (χ3v) is 3.62. The molecular formula is C14H21N3O. The molecule has 0 saturated heterocycles. The number of hydrogen-bond donors (Lipinski definition) is 1. The first-order valence-corrected chi connectivity index (χ1v) is 6.56. The number of rotatable bonds is 3. The molecule has 0 atom stereocenters. The summed E-state index contributed by atoms with van der Waals surface area (Å²) in [5, 5.41) is 7.52. The molecule has 0 bridgehead atoms. The van der Waals surface area contributed by atoms with Gasteiger partial charge in [0.2, 0.25) is 5.91 Å². The van der Waals surface area contributed by atoms with E-state index in [1.54, 1.807) is 0 Å². The Kier molecular flexibility index (Phi) is 3.84. The lowest BCUT2D eigenvalue weighted by atomic mass is 9.91. The van der Waals surface area contributed by atoms with E-state index in [0.717, 1.165) is 31.4 Å². The van der Waals surface area contributed by atoms with Crippen LogP contribution in [0.5, 0.6) is 0 Å². The molecule has 0 aromatic carbocycles. The van der Waals surface area contributed by atoms with Crippen molar-refractivity contribution in [3.63, 3.8) is 0 Å². The van der Waals surface area contributed by atoms with E-state index in [9.17, 15) is 4.79 Å². The number of carbonyl (C=O) groups is 1. The van der Waals surface area contributed by atoms with Crippen molar-refractivity contribution in [1.29, 1.82) is 0 Å². The van der Waals surface area contributed by atoms with Gasteiger partial charge in [-0.1, -0.05) is 6.58 Å². The Morgan fingerprint density at radius 1 is 1.44 bits per heavy atom. The van der Waals surface area contributed by atoms with Gasteiger partial charge in [-0.05, 0) is 51.7 Å². The zero-order chi connectivity index (χ0) is 13.1. The van der Waals surface area contributed by atoms with Crippen molar-refractivity contribution in [2.75, 3.05) is 0 Å². The molecule has 1 aliphatic carbocycles. The van der Waals surface area contributed by atoms with Crippen molar-refractivity contribution in [2.24, 2.45) is 0 Å². The van der Waals surface area contributed by atoms with Gasteiger partial charge in [0.1, 0.15) is 0 Å². The average Bonchev–Trinajstić information content (AvgIpc) is 2.69. The molecule has 98 valence electrons. The van der Waals surface area contributed by atoms with Crippen LogP contribution in [-0.4, -0.2) is 21.7 Å². The second-order valence-electron chi connectivity index (χ2n) is 5.09. The van der Waals surface area contributed by atoms with Crippen LogP contribution in [0.15, 0.2) is 18.7 Å². The number of nitrogens with one attached hydrogen (secondary N) is 1. The molecule has 0 radical (unpaired) electrons. The van der Waals surface area contributed by atoms with Gasteiger partial charge in [0.25, 0.3) is 0 Å². The Morgan fingerprint density at radius 2 is 2.11 bits per heavy atom. The Labute approximate surface area is 108 Å². The summed E-state index contributed by atoms with van der Waals surface area (Å²) >= 11 is 0. The lowest BCUT2D eigenvalue weighted by Crippen LogP contribution is -2.37. The van der Waals surface area contributed by atoms with E-state index in [0.29, 0.717) is 12.1 Å². The highest BCUT2D eigenvalue weighted by Gasteiger charge is 2.24. The average molecular weight is 247 g/mol. The zero-order valence-electron chi connectivity index (χ0n) is 11.1. The van der Waals surface area contributed by atoms with Gasteiger partial charge in [0, 0.05) is 11.7 Å². The van der Waals surface area contributed by atoms with Gasteiger partial charge >= 0.3 is 0 Å². The van der Waals surface area contributed by atoms with E-state index >= 15 is 0 Å². The van der Waals surface area contributed by atoms with Crippen LogP contribution in [0.3, 0.4) is 0 Å². The molecule has 0 unspecified atom stereocenters. The fourth-order valence-electron chi connectivity index (χ4n) is 2.74. The number of hydrogen-bond acceptors (Lipinski definition) is 2. The third-order valence-electron chi connectivity index (χ3n) is 3.62. The van der Waals surface area contributed by atoms with Gasteiger partial charge in [0.15, 0.2) is 0 Å². The van der Waals surface area contributed by atoms with Crippen LogP contribution in [0.1, 0.15) is 43.1 Å². The minimum atomic E-state index is -0.0652. The summed E-state index contributed by atoms with van der Waals surface area (Å²) in [6.07, 6.45) is 5.52. The smallest absolute Gasteiger partial charge is 0.243 e. The van der Waals surface area contributed by atoms with Gasteiger partial charge < -0.3 is 5.32 Å². The molecule has 4 nitrogen and oxygen atoms in total. The van der Waals surface area contributed by atoms with Crippen LogP contribution < -0.4 is 5.32 Å². The maximum Gasteiger partial charge on any atom is 0.243 e. The fourth-order valence-corrected chi connectivity index (χ4v) is 2.74. The molecular weight excluding hydrogens is 226 g/mol. The highest BCUT2D eigenvalue weighted by molar-refractivity contribution is 5.87. The number of carbonyl (C=O) groups excluding carboxylic acids is 1. The standard InChI is InChI=1S/C14H21N3O/c1-4-14(18)15-12-5-7-13(8-6-12)17-11(3)9-10(2)16-17/h4,9,12-13H,1,5-8H2,2-3H3,(H,15,18). The van der Waals surface area contributed by atoms with Gasteiger partial charge in [-0.3, -0.25) is 9.48 Å². The van der Waals surface area contributed by atoms with Crippen molar-refractivity contribution in [1.82, 2.24) is 15.1 Å². The normalized spacial score (nSPS) is 23.7. The quantitative estimate of drug-likeness (QED) is 0.833. The molecule has 1 N–H and O–H groups in total. The fraction of sp³-hybridized carbons (Fsp3) is 0.571. The highest BCUT2D eigenvalue weighted by Crippen LogP contribution is 2.29. The summed E-state index contributed by atoms with van der Waals surface area (Å²) < 4.78 is 2.14. The SMILES string of the molecule is C=CC(=O)NC1CCC(n2nc(C)cc2C)CC1. The lowest BCUT2D eigenvalue weighted by Gasteiger charge is -2.29. The summed E-state index contributed by atoms with van der Waals surface area (Å²) in [5.41, 5.74) is 2.31. The number of amides is 1. The Morgan fingerprint density at radius 3 is 2.61 bits per heavy atom. The van der Waals surface area contributed by atoms with Crippen LogP contribution >= 0.6 is 0 Å². The molecule has 1 aromatic rings. The molecule has 1 saturated carbocycles. The molecule has 1 heterocycles. The van der Waals surface area contributed by atoms with Crippen molar-refractivity contribution in [3.05, 3.63) is 30.1 Å². The van der Waals surface area contributed by atoms with Gasteiger partial charge in [-0.25, -0.2) is 0 Å². The molecule has 0 spiro atoms. The van der Waals surface area contributed by atoms with E-state index < -0.39 is 0 Å². The summed E-state index contributed by atoms with van der Waals surface area (Å²) in [5.74, 6) is -0.0652. The third kappa shape index (κ3) is 2.81. The largest absolute Gasteiger partial charge is 0.350 e. The monoisotopic (exact) mass is 247 g/mol. The molecule has 1 fully saturated rings. The molecule has 2 rings (SSSR count). The van der Waals surface area contributed by atoms with Crippen molar-refractivity contribution in [2.45, 2.75) is 51.6 Å². The number of aromatic nitrogens is 2. The number of nitrogens with zero attached hydrogens (tertiary/aromatic N) is 2. The summed E-state index contributed by atoms with van der Waals surface area (Å²) in [6.45, 7) is 7.61. The van der Waals surface area contributed by atoms with E-state index in [2.05, 4.69) is 34.7 Å². The van der Waals surface area contributed by atoms with Gasteiger partial charge in [-0.15, -0.1) is 0 Å². The topological polar surface area (TPSA) is 46.9 Å². The number of aryl methyl sites for hydroxylation is 2. The predicted octanol–water partition coefficient (Wildman–Crippen LogP) is 2.29. The van der Waals surface area contributed by atoms with Crippen molar-refractivity contribution >= 4 is 5.91 Å². The zero-order valence-corrected chi connectivity index (χ0v) is 11.1. The van der Waals surface area contributed by atoms with E-state index in [1.807, 2.05) is 6.92 Å². The van der Waals surface area contributed by atoms with Crippen molar-refractivity contribution in [3.8, 4) is 0 Å². The molecule has 0 aliphatic heterocycles. The Balaban J connectivity index is 1.92. The maximum atomic E-state index is 11.2. The van der Waals surface area contributed by atoms with Crippen LogP contribution in [-0.2, 0) is 4.79 Å². The molecule has 18 heavy (non-hydrogen) atoms. The summed E-state index contributed by atoms with van der Waals surface area (Å²) in [4.78, 5) is 11.2. The molecule has 1 amide bonds. The van der Waals surface area contributed by atoms with Gasteiger partial charge in [0.05, 0.1) is 11.7 Å². The van der Waals surface area contributed by atoms with Crippen LogP contribution in [0, 0.1) is 13.8 Å². The maximum absolute atomic E-state index is 11.2. The molecule has 1 aliphatic rings. The van der Waals surface area contributed by atoms with Crippen LogP contribution in [0.4, 0.5) is 0 Å². The first kappa shape index (κ1) is 12.9. The predicted molar refractivity (Wildman–Crippen MR) is 71.3 cm³/mol. The van der Waals surface area contributed by atoms with Gasteiger partial charge in [-0.2, -0.15) is 5.10 Å². The summed E-state index contributed by atoms with van der Waals surface area (Å²) in [7, 11) is 0. The lowest BCUT2D eigenvalue weighted by molar-refractivity contribution is -0.117. The van der Waals surface area contributed by atoms with E-state index in [1.165, 1.54) is 11.8 Å². The first-order valence-electron chi connectivity index (χ1n) is 6.56. The highest BCUT2D eigenvalue weighted by atomic mass is 16.1.